The highest BCUT2D eigenvalue weighted by molar-refractivity contribution is 6.04. The zero-order valence-corrected chi connectivity index (χ0v) is 18.5. The molecule has 172 valence electrons. The van der Waals surface area contributed by atoms with Crippen LogP contribution in [0.2, 0.25) is 0 Å². The number of nitro benzene ring substituents is 1. The van der Waals surface area contributed by atoms with Crippen LogP contribution >= 0.6 is 0 Å². The molecule has 2 aromatic carbocycles. The highest BCUT2D eigenvalue weighted by Crippen LogP contribution is 2.33. The van der Waals surface area contributed by atoms with E-state index in [4.69, 9.17) is 9.47 Å². The number of hydrogen-bond acceptors (Lipinski definition) is 7. The summed E-state index contributed by atoms with van der Waals surface area (Å²) in [4.78, 5) is 26.1. The molecule has 1 aromatic heterocycles. The molecule has 0 aliphatic carbocycles. The number of anilines is 2. The van der Waals surface area contributed by atoms with Crippen LogP contribution in [0.1, 0.15) is 28.8 Å². The van der Waals surface area contributed by atoms with Crippen molar-refractivity contribution >= 4 is 23.1 Å². The zero-order chi connectivity index (χ0) is 23.4. The molecule has 0 unspecified atom stereocenters. The maximum absolute atomic E-state index is 12.9. The standard InChI is InChI=1S/C23H25N5O5/c1-32-20-7-5-6-17(22(20)33-2)15-27-21(10-11-24-27)25-23(29)16-8-9-18(19(14-16)28(30)31)26-12-3-4-13-26/h5-11,14H,3-4,12-13,15H2,1-2H3,(H,25,29). The highest BCUT2D eigenvalue weighted by Gasteiger charge is 2.24. The Morgan fingerprint density at radius 3 is 2.64 bits per heavy atom. The molecular weight excluding hydrogens is 426 g/mol. The number of carbonyl (C=O) groups is 1. The summed E-state index contributed by atoms with van der Waals surface area (Å²) >= 11 is 0. The van der Waals surface area contributed by atoms with E-state index in [1.54, 1.807) is 49.4 Å². The molecule has 1 saturated heterocycles. The number of nitro groups is 1. The fraction of sp³-hybridized carbons (Fsp3) is 0.304. The maximum Gasteiger partial charge on any atom is 0.293 e. The van der Waals surface area contributed by atoms with Crippen molar-refractivity contribution in [2.45, 2.75) is 19.4 Å². The van der Waals surface area contributed by atoms with Gasteiger partial charge in [-0.25, -0.2) is 4.68 Å². The molecule has 33 heavy (non-hydrogen) atoms. The number of aromatic nitrogens is 2. The summed E-state index contributed by atoms with van der Waals surface area (Å²) in [5.74, 6) is 1.18. The lowest BCUT2D eigenvalue weighted by atomic mass is 10.1. The summed E-state index contributed by atoms with van der Waals surface area (Å²) in [5.41, 5.74) is 1.50. The lowest BCUT2D eigenvalue weighted by Gasteiger charge is -2.18. The van der Waals surface area contributed by atoms with E-state index in [2.05, 4.69) is 10.4 Å². The van der Waals surface area contributed by atoms with Gasteiger partial charge in [-0.2, -0.15) is 5.10 Å². The molecule has 0 spiro atoms. The third-order valence-corrected chi connectivity index (χ3v) is 5.64. The Kier molecular flexibility index (Phi) is 6.43. The number of carbonyl (C=O) groups excluding carboxylic acids is 1. The first kappa shape index (κ1) is 22.1. The molecule has 1 aliphatic rings. The van der Waals surface area contributed by atoms with Gasteiger partial charge in [0.2, 0.25) is 0 Å². The fourth-order valence-electron chi connectivity index (χ4n) is 4.03. The number of hydrogen-bond donors (Lipinski definition) is 1. The predicted octanol–water partition coefficient (Wildman–Crippen LogP) is 3.71. The van der Waals surface area contributed by atoms with E-state index in [1.807, 2.05) is 17.0 Å². The van der Waals surface area contributed by atoms with Crippen molar-refractivity contribution in [2.75, 3.05) is 37.5 Å². The van der Waals surface area contributed by atoms with E-state index >= 15 is 0 Å². The van der Waals surface area contributed by atoms with Crippen LogP contribution in [0.15, 0.2) is 48.7 Å². The van der Waals surface area contributed by atoms with E-state index in [-0.39, 0.29) is 11.3 Å². The summed E-state index contributed by atoms with van der Waals surface area (Å²) in [7, 11) is 3.13. The minimum Gasteiger partial charge on any atom is -0.493 e. The monoisotopic (exact) mass is 451 g/mol. The Labute approximate surface area is 190 Å². The Bertz CT molecular complexity index is 1170. The Morgan fingerprint density at radius 2 is 1.94 bits per heavy atom. The van der Waals surface area contributed by atoms with Crippen LogP contribution in [0.4, 0.5) is 17.2 Å². The van der Waals surface area contributed by atoms with E-state index < -0.39 is 10.8 Å². The van der Waals surface area contributed by atoms with E-state index in [0.29, 0.717) is 29.5 Å². The first-order valence-electron chi connectivity index (χ1n) is 10.6. The van der Waals surface area contributed by atoms with Crippen LogP contribution in [-0.4, -0.2) is 47.9 Å². The second-order valence-corrected chi connectivity index (χ2v) is 7.64. The minimum atomic E-state index is -0.453. The van der Waals surface area contributed by atoms with E-state index in [1.165, 1.54) is 6.07 Å². The molecule has 0 saturated carbocycles. The van der Waals surface area contributed by atoms with Crippen LogP contribution in [0, 0.1) is 10.1 Å². The highest BCUT2D eigenvalue weighted by atomic mass is 16.6. The van der Waals surface area contributed by atoms with Gasteiger partial charge in [0.25, 0.3) is 11.6 Å². The van der Waals surface area contributed by atoms with Gasteiger partial charge in [-0.15, -0.1) is 0 Å². The lowest BCUT2D eigenvalue weighted by Crippen LogP contribution is -2.20. The summed E-state index contributed by atoms with van der Waals surface area (Å²) in [5, 5.41) is 18.7. The van der Waals surface area contributed by atoms with Gasteiger partial charge in [-0.1, -0.05) is 12.1 Å². The zero-order valence-electron chi connectivity index (χ0n) is 18.5. The molecule has 10 nitrogen and oxygen atoms in total. The molecule has 0 atom stereocenters. The third-order valence-electron chi connectivity index (χ3n) is 5.64. The second kappa shape index (κ2) is 9.60. The molecule has 3 aromatic rings. The quantitative estimate of drug-likeness (QED) is 0.410. The molecule has 4 rings (SSSR count). The lowest BCUT2D eigenvalue weighted by molar-refractivity contribution is -0.384. The van der Waals surface area contributed by atoms with E-state index in [9.17, 15) is 14.9 Å². The maximum atomic E-state index is 12.9. The van der Waals surface area contributed by atoms with Gasteiger partial charge in [-0.05, 0) is 31.0 Å². The molecule has 1 amide bonds. The van der Waals surface area contributed by atoms with Crippen LogP contribution in [-0.2, 0) is 6.54 Å². The van der Waals surface area contributed by atoms with Crippen LogP contribution in [0.25, 0.3) is 0 Å². The smallest absolute Gasteiger partial charge is 0.293 e. The van der Waals surface area contributed by atoms with Gasteiger partial charge in [0.05, 0.1) is 31.9 Å². The third kappa shape index (κ3) is 4.59. The van der Waals surface area contributed by atoms with Gasteiger partial charge >= 0.3 is 0 Å². The van der Waals surface area contributed by atoms with Crippen molar-refractivity contribution in [3.8, 4) is 11.5 Å². The second-order valence-electron chi connectivity index (χ2n) is 7.64. The van der Waals surface area contributed by atoms with Crippen LogP contribution in [0.5, 0.6) is 11.5 Å². The van der Waals surface area contributed by atoms with Crippen molar-refractivity contribution in [1.29, 1.82) is 0 Å². The van der Waals surface area contributed by atoms with Crippen molar-refractivity contribution in [3.63, 3.8) is 0 Å². The van der Waals surface area contributed by atoms with Crippen molar-refractivity contribution in [2.24, 2.45) is 0 Å². The van der Waals surface area contributed by atoms with Gasteiger partial charge in [0.1, 0.15) is 11.5 Å². The van der Waals surface area contributed by atoms with Gasteiger partial charge in [-0.3, -0.25) is 14.9 Å². The molecule has 0 radical (unpaired) electrons. The topological polar surface area (TPSA) is 112 Å². The van der Waals surface area contributed by atoms with Crippen molar-refractivity contribution in [1.82, 2.24) is 9.78 Å². The van der Waals surface area contributed by atoms with E-state index in [0.717, 1.165) is 31.5 Å². The molecule has 10 heteroatoms. The number of nitrogens with zero attached hydrogens (tertiary/aromatic N) is 4. The average Bonchev–Trinajstić information content (AvgIpc) is 3.51. The van der Waals surface area contributed by atoms with Crippen LogP contribution in [0.3, 0.4) is 0 Å². The first-order valence-corrected chi connectivity index (χ1v) is 10.6. The number of rotatable bonds is 8. The minimum absolute atomic E-state index is 0.0702. The SMILES string of the molecule is COc1cccc(Cn2nccc2NC(=O)c2ccc(N3CCCC3)c([N+](=O)[O-])c2)c1OC. The Morgan fingerprint density at radius 1 is 1.15 bits per heavy atom. The molecule has 2 heterocycles. The first-order chi connectivity index (χ1) is 16.0. The van der Waals surface area contributed by atoms with Crippen molar-refractivity contribution in [3.05, 3.63) is 69.9 Å². The Hall–Kier alpha value is -4.08. The van der Waals surface area contributed by atoms with Crippen LogP contribution < -0.4 is 19.7 Å². The predicted molar refractivity (Wildman–Crippen MR) is 123 cm³/mol. The number of nitrogens with one attached hydrogen (secondary N) is 1. The summed E-state index contributed by atoms with van der Waals surface area (Å²) in [6.45, 7) is 1.88. The number of amides is 1. The number of methoxy groups -OCH3 is 2. The Balaban J connectivity index is 1.56. The summed E-state index contributed by atoms with van der Waals surface area (Å²) in [6, 6.07) is 11.8. The molecule has 1 aliphatic heterocycles. The number of para-hydroxylation sites is 1. The van der Waals surface area contributed by atoms with Gasteiger partial charge in [0.15, 0.2) is 11.5 Å². The number of ether oxygens (including phenoxy) is 2. The van der Waals surface area contributed by atoms with Gasteiger partial charge in [0, 0.05) is 36.3 Å². The van der Waals surface area contributed by atoms with Gasteiger partial charge < -0.3 is 19.7 Å². The molecule has 0 bridgehead atoms. The largest absolute Gasteiger partial charge is 0.493 e. The average molecular weight is 451 g/mol. The summed E-state index contributed by atoms with van der Waals surface area (Å²) in [6.07, 6.45) is 3.57. The van der Waals surface area contributed by atoms with Crippen molar-refractivity contribution < 1.29 is 19.2 Å². The molecule has 1 N–H and O–H groups in total. The normalized spacial score (nSPS) is 13.1. The molecule has 1 fully saturated rings. The fourth-order valence-corrected chi connectivity index (χ4v) is 4.03. The number of benzene rings is 2. The molecular formula is C23H25N5O5. The summed E-state index contributed by atoms with van der Waals surface area (Å²) < 4.78 is 12.4.